The minimum atomic E-state index is -3.41. The van der Waals surface area contributed by atoms with Gasteiger partial charge in [-0.05, 0) is 33.8 Å². The van der Waals surface area contributed by atoms with Gasteiger partial charge < -0.3 is 9.47 Å². The standard InChI is InChI=1S/C14H21NO4S/c1-5-18-14-7-11-6-10(4)19-13(11)8-12(14)15-20(16,17)9(2)3/h7-10,15H,5-6H2,1-4H3. The molecule has 0 saturated carbocycles. The van der Waals surface area contributed by atoms with Crippen LogP contribution in [0.4, 0.5) is 5.69 Å². The van der Waals surface area contributed by atoms with E-state index in [2.05, 4.69) is 4.72 Å². The minimum Gasteiger partial charge on any atom is -0.492 e. The smallest absolute Gasteiger partial charge is 0.235 e. The van der Waals surface area contributed by atoms with Crippen molar-refractivity contribution in [2.45, 2.75) is 45.5 Å². The van der Waals surface area contributed by atoms with Gasteiger partial charge in [-0.2, -0.15) is 0 Å². The summed E-state index contributed by atoms with van der Waals surface area (Å²) in [6.07, 6.45) is 0.920. The van der Waals surface area contributed by atoms with Crippen LogP contribution in [-0.4, -0.2) is 26.4 Å². The number of fused-ring (bicyclic) bond motifs is 1. The summed E-state index contributed by atoms with van der Waals surface area (Å²) in [5, 5.41) is -0.509. The molecule has 0 fully saturated rings. The molecule has 1 N–H and O–H groups in total. The van der Waals surface area contributed by atoms with Crippen LogP contribution < -0.4 is 14.2 Å². The third-order valence-electron chi connectivity index (χ3n) is 3.17. The zero-order valence-electron chi connectivity index (χ0n) is 12.3. The van der Waals surface area contributed by atoms with Gasteiger partial charge in [0.1, 0.15) is 17.6 Å². The van der Waals surface area contributed by atoms with Crippen LogP contribution in [0.15, 0.2) is 12.1 Å². The number of ether oxygens (including phenoxy) is 2. The van der Waals surface area contributed by atoms with E-state index in [-0.39, 0.29) is 6.10 Å². The number of nitrogens with one attached hydrogen (secondary N) is 1. The van der Waals surface area contributed by atoms with Gasteiger partial charge in [-0.25, -0.2) is 8.42 Å². The van der Waals surface area contributed by atoms with E-state index >= 15 is 0 Å². The molecule has 1 atom stereocenters. The lowest BCUT2D eigenvalue weighted by Crippen LogP contribution is -2.22. The molecule has 0 bridgehead atoms. The SMILES string of the molecule is CCOc1cc2c(cc1NS(=O)(=O)C(C)C)OC(C)C2. The first kappa shape index (κ1) is 15.0. The van der Waals surface area contributed by atoms with Gasteiger partial charge in [0.05, 0.1) is 17.5 Å². The molecule has 0 aliphatic carbocycles. The third-order valence-corrected chi connectivity index (χ3v) is 4.92. The molecule has 6 heteroatoms. The summed E-state index contributed by atoms with van der Waals surface area (Å²) >= 11 is 0. The highest BCUT2D eigenvalue weighted by Crippen LogP contribution is 2.38. The highest BCUT2D eigenvalue weighted by Gasteiger charge is 2.24. The molecule has 20 heavy (non-hydrogen) atoms. The lowest BCUT2D eigenvalue weighted by atomic mass is 10.1. The number of anilines is 1. The van der Waals surface area contributed by atoms with Crippen molar-refractivity contribution in [3.8, 4) is 11.5 Å². The van der Waals surface area contributed by atoms with Crippen molar-refractivity contribution in [2.24, 2.45) is 0 Å². The minimum absolute atomic E-state index is 0.108. The molecule has 0 saturated heterocycles. The van der Waals surface area contributed by atoms with E-state index in [4.69, 9.17) is 9.47 Å². The second-order valence-corrected chi connectivity index (χ2v) is 7.45. The summed E-state index contributed by atoms with van der Waals surface area (Å²) in [6.45, 7) is 7.60. The summed E-state index contributed by atoms with van der Waals surface area (Å²) in [4.78, 5) is 0. The van der Waals surface area contributed by atoms with Crippen molar-refractivity contribution < 1.29 is 17.9 Å². The highest BCUT2D eigenvalue weighted by molar-refractivity contribution is 7.93. The Labute approximate surface area is 120 Å². The lowest BCUT2D eigenvalue weighted by Gasteiger charge is -2.16. The zero-order valence-corrected chi connectivity index (χ0v) is 13.1. The molecule has 1 aromatic rings. The molecule has 1 aliphatic rings. The van der Waals surface area contributed by atoms with Gasteiger partial charge in [-0.3, -0.25) is 4.72 Å². The van der Waals surface area contributed by atoms with Crippen LogP contribution >= 0.6 is 0 Å². The molecule has 1 heterocycles. The van der Waals surface area contributed by atoms with E-state index in [0.717, 1.165) is 17.7 Å². The van der Waals surface area contributed by atoms with Gasteiger partial charge in [-0.1, -0.05) is 0 Å². The molecular weight excluding hydrogens is 278 g/mol. The van der Waals surface area contributed by atoms with Crippen molar-refractivity contribution in [1.82, 2.24) is 0 Å². The predicted molar refractivity (Wildman–Crippen MR) is 79.1 cm³/mol. The Balaban J connectivity index is 2.39. The Morgan fingerprint density at radius 1 is 1.45 bits per heavy atom. The topological polar surface area (TPSA) is 64.6 Å². The molecular formula is C14H21NO4S. The number of benzene rings is 1. The largest absolute Gasteiger partial charge is 0.492 e. The first-order chi connectivity index (χ1) is 9.33. The van der Waals surface area contributed by atoms with Gasteiger partial charge in [0.2, 0.25) is 10.0 Å². The van der Waals surface area contributed by atoms with Crippen molar-refractivity contribution >= 4 is 15.7 Å². The number of rotatable bonds is 5. The van der Waals surface area contributed by atoms with Gasteiger partial charge in [0.25, 0.3) is 0 Å². The van der Waals surface area contributed by atoms with E-state index in [9.17, 15) is 8.42 Å². The van der Waals surface area contributed by atoms with E-state index in [1.54, 1.807) is 19.9 Å². The van der Waals surface area contributed by atoms with Gasteiger partial charge in [-0.15, -0.1) is 0 Å². The fourth-order valence-electron chi connectivity index (χ4n) is 2.07. The maximum absolute atomic E-state index is 12.0. The molecule has 1 unspecified atom stereocenters. The summed E-state index contributed by atoms with van der Waals surface area (Å²) in [5.74, 6) is 1.27. The second-order valence-electron chi connectivity index (χ2n) is 5.22. The van der Waals surface area contributed by atoms with Crippen LogP contribution in [0.5, 0.6) is 11.5 Å². The van der Waals surface area contributed by atoms with Crippen molar-refractivity contribution in [3.63, 3.8) is 0 Å². The van der Waals surface area contributed by atoms with Crippen molar-refractivity contribution in [1.29, 1.82) is 0 Å². The predicted octanol–water partition coefficient (Wildman–Crippen LogP) is 2.56. The maximum atomic E-state index is 12.0. The van der Waals surface area contributed by atoms with Crippen molar-refractivity contribution in [2.75, 3.05) is 11.3 Å². The van der Waals surface area contributed by atoms with Crippen LogP contribution in [0.3, 0.4) is 0 Å². The van der Waals surface area contributed by atoms with Gasteiger partial charge in [0, 0.05) is 18.1 Å². The first-order valence-corrected chi connectivity index (χ1v) is 8.36. The fraction of sp³-hybridized carbons (Fsp3) is 0.571. The third kappa shape index (κ3) is 3.00. The number of hydrogen-bond donors (Lipinski definition) is 1. The average Bonchev–Trinajstić information content (AvgIpc) is 2.68. The monoisotopic (exact) mass is 299 g/mol. The lowest BCUT2D eigenvalue weighted by molar-refractivity contribution is 0.254. The van der Waals surface area contributed by atoms with Gasteiger partial charge in [0.15, 0.2) is 0 Å². The molecule has 1 aromatic carbocycles. The van der Waals surface area contributed by atoms with E-state index in [1.807, 2.05) is 19.9 Å². The van der Waals surface area contributed by atoms with Crippen LogP contribution in [0.2, 0.25) is 0 Å². The Morgan fingerprint density at radius 3 is 2.75 bits per heavy atom. The molecule has 2 rings (SSSR count). The molecule has 1 aliphatic heterocycles. The molecule has 0 amide bonds. The van der Waals surface area contributed by atoms with E-state index in [0.29, 0.717) is 18.0 Å². The summed E-state index contributed by atoms with van der Waals surface area (Å²) in [5.41, 5.74) is 1.49. The van der Waals surface area contributed by atoms with Crippen LogP contribution in [0.1, 0.15) is 33.3 Å². The zero-order chi connectivity index (χ0) is 14.9. The number of hydrogen-bond acceptors (Lipinski definition) is 4. The quantitative estimate of drug-likeness (QED) is 0.907. The summed E-state index contributed by atoms with van der Waals surface area (Å²) in [6, 6.07) is 3.57. The molecule has 0 spiro atoms. The van der Waals surface area contributed by atoms with Gasteiger partial charge >= 0.3 is 0 Å². The Morgan fingerprint density at radius 2 is 2.15 bits per heavy atom. The molecule has 0 aromatic heterocycles. The Hall–Kier alpha value is -1.43. The van der Waals surface area contributed by atoms with Crippen LogP contribution in [0.25, 0.3) is 0 Å². The normalized spacial score (nSPS) is 17.8. The summed E-state index contributed by atoms with van der Waals surface area (Å²) in [7, 11) is -3.41. The van der Waals surface area contributed by atoms with E-state index < -0.39 is 15.3 Å². The Kier molecular flexibility index (Phi) is 4.13. The Bertz CT molecular complexity index is 595. The van der Waals surface area contributed by atoms with E-state index in [1.165, 1.54) is 0 Å². The first-order valence-electron chi connectivity index (χ1n) is 6.81. The fourth-order valence-corrected chi connectivity index (χ4v) is 2.77. The molecule has 0 radical (unpaired) electrons. The number of sulfonamides is 1. The average molecular weight is 299 g/mol. The maximum Gasteiger partial charge on any atom is 0.235 e. The van der Waals surface area contributed by atoms with Crippen molar-refractivity contribution in [3.05, 3.63) is 17.7 Å². The highest BCUT2D eigenvalue weighted by atomic mass is 32.2. The summed E-state index contributed by atoms with van der Waals surface area (Å²) < 4.78 is 37.8. The van der Waals surface area contributed by atoms with Crippen LogP contribution in [0, 0.1) is 0 Å². The molecule has 112 valence electrons. The second kappa shape index (κ2) is 5.52. The van der Waals surface area contributed by atoms with Crippen LogP contribution in [-0.2, 0) is 16.4 Å². The molecule has 5 nitrogen and oxygen atoms in total.